The minimum absolute atomic E-state index is 0.718. The smallest absolute Gasteiger partial charge is 0.0176 e. The lowest BCUT2D eigenvalue weighted by molar-refractivity contribution is 0.307. The average molecular weight is 202 g/mol. The van der Waals surface area contributed by atoms with Crippen LogP contribution in [0.3, 0.4) is 0 Å². The number of nitrogens with one attached hydrogen (secondary N) is 1. The van der Waals surface area contributed by atoms with Gasteiger partial charge in [-0.05, 0) is 31.3 Å². The molecule has 1 saturated carbocycles. The van der Waals surface area contributed by atoms with E-state index in [9.17, 15) is 0 Å². The minimum atomic E-state index is 0.718. The highest BCUT2D eigenvalue weighted by Crippen LogP contribution is 2.23. The maximum atomic E-state index is 5.60. The largest absolute Gasteiger partial charge is 0.310 e. The predicted octanol–water partition coefficient (Wildman–Crippen LogP) is 3.30. The highest BCUT2D eigenvalue weighted by Gasteiger charge is 2.17. The van der Waals surface area contributed by atoms with E-state index in [0.29, 0.717) is 0 Å². The lowest BCUT2D eigenvalue weighted by atomic mass is 9.87. The molecule has 2 atom stereocenters. The van der Waals surface area contributed by atoms with Crippen molar-refractivity contribution >= 4 is 11.6 Å². The first kappa shape index (κ1) is 11.1. The van der Waals surface area contributed by atoms with Gasteiger partial charge in [0.25, 0.3) is 0 Å². The minimum Gasteiger partial charge on any atom is -0.310 e. The number of hydrogen-bond donors (Lipinski definition) is 1. The molecule has 0 bridgehead atoms. The van der Waals surface area contributed by atoms with Gasteiger partial charge in [0.15, 0.2) is 0 Å². The monoisotopic (exact) mass is 201 g/mol. The van der Waals surface area contributed by atoms with Crippen molar-refractivity contribution < 1.29 is 0 Å². The van der Waals surface area contributed by atoms with Crippen LogP contribution in [0.15, 0.2) is 11.1 Å². The van der Waals surface area contributed by atoms with Crippen molar-refractivity contribution in [3.8, 4) is 0 Å². The zero-order valence-corrected chi connectivity index (χ0v) is 9.40. The third kappa shape index (κ3) is 4.15. The maximum Gasteiger partial charge on any atom is 0.0176 e. The van der Waals surface area contributed by atoms with Crippen molar-refractivity contribution in [2.45, 2.75) is 45.6 Å². The molecule has 1 N–H and O–H groups in total. The first-order valence-electron chi connectivity index (χ1n) is 5.21. The summed E-state index contributed by atoms with van der Waals surface area (Å²) in [6.45, 7) is 5.35. The van der Waals surface area contributed by atoms with Crippen LogP contribution in [-0.4, -0.2) is 12.6 Å². The first-order chi connectivity index (χ1) is 6.22. The van der Waals surface area contributed by atoms with Crippen molar-refractivity contribution in [3.63, 3.8) is 0 Å². The topological polar surface area (TPSA) is 12.0 Å². The molecule has 1 rings (SSSR count). The van der Waals surface area contributed by atoms with Crippen molar-refractivity contribution in [1.82, 2.24) is 5.32 Å². The van der Waals surface area contributed by atoms with Gasteiger partial charge in [0.1, 0.15) is 0 Å². The van der Waals surface area contributed by atoms with Crippen LogP contribution in [0.1, 0.15) is 39.5 Å². The van der Waals surface area contributed by atoms with Crippen LogP contribution in [-0.2, 0) is 0 Å². The SMILES string of the molecule is CC(=CCl)CNC1CCCC(C)C1. The van der Waals surface area contributed by atoms with E-state index in [1.165, 1.54) is 31.3 Å². The van der Waals surface area contributed by atoms with E-state index in [1.54, 1.807) is 5.54 Å². The lowest BCUT2D eigenvalue weighted by Crippen LogP contribution is -2.34. The molecule has 0 radical (unpaired) electrons. The molecule has 2 heteroatoms. The Bertz CT molecular complexity index is 177. The number of halogens is 1. The second-order valence-corrected chi connectivity index (χ2v) is 4.52. The van der Waals surface area contributed by atoms with E-state index < -0.39 is 0 Å². The molecule has 0 aromatic carbocycles. The van der Waals surface area contributed by atoms with Gasteiger partial charge in [0, 0.05) is 18.1 Å². The second kappa shape index (κ2) is 5.66. The number of hydrogen-bond acceptors (Lipinski definition) is 1. The molecular weight excluding hydrogens is 182 g/mol. The third-order valence-electron chi connectivity index (χ3n) is 2.79. The summed E-state index contributed by atoms with van der Waals surface area (Å²) in [6, 6.07) is 0.718. The van der Waals surface area contributed by atoms with E-state index in [1.807, 2.05) is 0 Å². The molecule has 0 heterocycles. The molecule has 13 heavy (non-hydrogen) atoms. The molecule has 0 spiro atoms. The fraction of sp³-hybridized carbons (Fsp3) is 0.818. The van der Waals surface area contributed by atoms with E-state index in [-0.39, 0.29) is 0 Å². The van der Waals surface area contributed by atoms with Gasteiger partial charge in [-0.25, -0.2) is 0 Å². The summed E-state index contributed by atoms with van der Waals surface area (Å²) in [4.78, 5) is 0. The zero-order valence-electron chi connectivity index (χ0n) is 8.65. The van der Waals surface area contributed by atoms with Crippen LogP contribution >= 0.6 is 11.6 Å². The maximum absolute atomic E-state index is 5.60. The fourth-order valence-corrected chi connectivity index (χ4v) is 2.04. The van der Waals surface area contributed by atoms with Crippen molar-refractivity contribution in [2.24, 2.45) is 5.92 Å². The third-order valence-corrected chi connectivity index (χ3v) is 3.16. The Kier molecular flexibility index (Phi) is 4.82. The standard InChI is InChI=1S/C11H20ClN/c1-9-4-3-5-11(6-9)13-8-10(2)7-12/h7,9,11,13H,3-6,8H2,1-2H3. The summed E-state index contributed by atoms with van der Waals surface area (Å²) >= 11 is 5.60. The molecule has 1 nitrogen and oxygen atoms in total. The number of rotatable bonds is 3. The lowest BCUT2D eigenvalue weighted by Gasteiger charge is -2.27. The van der Waals surface area contributed by atoms with Gasteiger partial charge in [0.2, 0.25) is 0 Å². The molecule has 76 valence electrons. The Labute approximate surface area is 86.5 Å². The van der Waals surface area contributed by atoms with Crippen molar-refractivity contribution in [1.29, 1.82) is 0 Å². The Hall–Kier alpha value is -0.0100. The van der Waals surface area contributed by atoms with Gasteiger partial charge in [-0.2, -0.15) is 0 Å². The zero-order chi connectivity index (χ0) is 9.68. The summed E-state index contributed by atoms with van der Waals surface area (Å²) in [5.41, 5.74) is 2.89. The summed E-state index contributed by atoms with van der Waals surface area (Å²) in [5.74, 6) is 0.895. The van der Waals surface area contributed by atoms with Gasteiger partial charge in [-0.1, -0.05) is 31.4 Å². The average Bonchev–Trinajstić information content (AvgIpc) is 2.14. The van der Waals surface area contributed by atoms with Crippen molar-refractivity contribution in [2.75, 3.05) is 6.54 Å². The van der Waals surface area contributed by atoms with Gasteiger partial charge in [-0.15, -0.1) is 0 Å². The van der Waals surface area contributed by atoms with Crippen LogP contribution in [0.4, 0.5) is 0 Å². The summed E-state index contributed by atoms with van der Waals surface area (Å²) in [5, 5.41) is 3.55. The molecule has 0 saturated heterocycles. The molecule has 1 aliphatic rings. The van der Waals surface area contributed by atoms with E-state index in [4.69, 9.17) is 11.6 Å². The van der Waals surface area contributed by atoms with Gasteiger partial charge < -0.3 is 5.32 Å². The van der Waals surface area contributed by atoms with Gasteiger partial charge >= 0.3 is 0 Å². The molecule has 0 amide bonds. The normalized spacial score (nSPS) is 30.5. The highest BCUT2D eigenvalue weighted by molar-refractivity contribution is 6.25. The molecule has 0 aromatic heterocycles. The van der Waals surface area contributed by atoms with Crippen molar-refractivity contribution in [3.05, 3.63) is 11.1 Å². The Morgan fingerprint density at radius 1 is 1.54 bits per heavy atom. The van der Waals surface area contributed by atoms with Crippen LogP contribution in [0.2, 0.25) is 0 Å². The van der Waals surface area contributed by atoms with Crippen LogP contribution in [0, 0.1) is 5.92 Å². The van der Waals surface area contributed by atoms with Gasteiger partial charge in [-0.3, -0.25) is 0 Å². The molecular formula is C11H20ClN. The molecule has 1 fully saturated rings. The quantitative estimate of drug-likeness (QED) is 0.739. The highest BCUT2D eigenvalue weighted by atomic mass is 35.5. The molecule has 1 aliphatic carbocycles. The van der Waals surface area contributed by atoms with Crippen LogP contribution in [0.5, 0.6) is 0 Å². The second-order valence-electron chi connectivity index (χ2n) is 4.31. The van der Waals surface area contributed by atoms with E-state index >= 15 is 0 Å². The Morgan fingerprint density at radius 3 is 2.92 bits per heavy atom. The fourth-order valence-electron chi connectivity index (χ4n) is 1.96. The predicted molar refractivity (Wildman–Crippen MR) is 59.0 cm³/mol. The van der Waals surface area contributed by atoms with E-state index in [0.717, 1.165) is 18.5 Å². The summed E-state index contributed by atoms with van der Waals surface area (Å²) in [7, 11) is 0. The van der Waals surface area contributed by atoms with Crippen LogP contribution < -0.4 is 5.32 Å². The first-order valence-corrected chi connectivity index (χ1v) is 5.65. The molecule has 0 aliphatic heterocycles. The summed E-state index contributed by atoms with van der Waals surface area (Å²) in [6.07, 6.45) is 5.44. The van der Waals surface area contributed by atoms with Gasteiger partial charge in [0.05, 0.1) is 0 Å². The molecule has 2 unspecified atom stereocenters. The summed E-state index contributed by atoms with van der Waals surface area (Å²) < 4.78 is 0. The van der Waals surface area contributed by atoms with E-state index in [2.05, 4.69) is 19.2 Å². The Morgan fingerprint density at radius 2 is 2.31 bits per heavy atom. The Balaban J connectivity index is 2.20. The van der Waals surface area contributed by atoms with Crippen LogP contribution in [0.25, 0.3) is 0 Å². The molecule has 0 aromatic rings.